The minimum atomic E-state index is -0.655. The summed E-state index contributed by atoms with van der Waals surface area (Å²) in [4.78, 5) is 0. The summed E-state index contributed by atoms with van der Waals surface area (Å²) in [6.45, 7) is 6.61. The number of benzene rings is 1. The maximum absolute atomic E-state index is 9.85. The molecule has 0 bridgehead atoms. The second-order valence-electron chi connectivity index (χ2n) is 5.03. The van der Waals surface area contributed by atoms with Gasteiger partial charge in [-0.1, -0.05) is 19.1 Å². The molecule has 1 aromatic carbocycles. The molecule has 0 aromatic heterocycles. The van der Waals surface area contributed by atoms with Crippen molar-refractivity contribution in [3.8, 4) is 5.75 Å². The molecule has 0 saturated carbocycles. The third-order valence-electron chi connectivity index (χ3n) is 2.76. The van der Waals surface area contributed by atoms with Crippen LogP contribution in [0.4, 0.5) is 0 Å². The van der Waals surface area contributed by atoms with Crippen molar-refractivity contribution in [1.82, 2.24) is 0 Å². The van der Waals surface area contributed by atoms with E-state index in [4.69, 9.17) is 4.74 Å². The van der Waals surface area contributed by atoms with Gasteiger partial charge in [-0.3, -0.25) is 0 Å². The van der Waals surface area contributed by atoms with Gasteiger partial charge in [0.1, 0.15) is 5.75 Å². The third-order valence-corrected chi connectivity index (χ3v) is 2.76. The van der Waals surface area contributed by atoms with Gasteiger partial charge in [-0.2, -0.15) is 0 Å². The first-order chi connectivity index (χ1) is 6.97. The lowest BCUT2D eigenvalue weighted by Gasteiger charge is -2.19. The molecule has 0 aliphatic carbocycles. The van der Waals surface area contributed by atoms with Gasteiger partial charge < -0.3 is 9.84 Å². The predicted molar refractivity (Wildman–Crippen MR) is 60.4 cm³/mol. The molecular formula is C13H18O2. The molecule has 0 spiro atoms. The largest absolute Gasteiger partial charge is 0.493 e. The first kappa shape index (κ1) is 10.5. The highest BCUT2D eigenvalue weighted by molar-refractivity contribution is 5.45. The maximum atomic E-state index is 9.85. The van der Waals surface area contributed by atoms with Gasteiger partial charge in [-0.25, -0.2) is 0 Å². The van der Waals surface area contributed by atoms with Crippen LogP contribution in [0.1, 0.15) is 37.8 Å². The van der Waals surface area contributed by atoms with E-state index in [1.807, 2.05) is 26.0 Å². The van der Waals surface area contributed by atoms with E-state index < -0.39 is 5.60 Å². The smallest absolute Gasteiger partial charge is 0.123 e. The first-order valence-electron chi connectivity index (χ1n) is 5.44. The molecule has 1 unspecified atom stereocenters. The Morgan fingerprint density at radius 1 is 1.47 bits per heavy atom. The van der Waals surface area contributed by atoms with Crippen LogP contribution in [0, 0.1) is 0 Å². The van der Waals surface area contributed by atoms with Gasteiger partial charge in [0.25, 0.3) is 0 Å². The standard InChI is InChI=1S/C13H18O2/c1-9-8-15-11-6-4-5-10(12(9)11)7-13(2,3)14/h4-6,9,14H,7-8H2,1-3H3. The Bertz CT molecular complexity index is 363. The highest BCUT2D eigenvalue weighted by Gasteiger charge is 2.25. The lowest BCUT2D eigenvalue weighted by atomic mass is 9.90. The lowest BCUT2D eigenvalue weighted by molar-refractivity contribution is 0.0807. The van der Waals surface area contributed by atoms with Crippen molar-refractivity contribution in [2.75, 3.05) is 6.61 Å². The molecule has 82 valence electrons. The van der Waals surface area contributed by atoms with Crippen molar-refractivity contribution in [3.63, 3.8) is 0 Å². The zero-order valence-corrected chi connectivity index (χ0v) is 9.58. The molecular weight excluding hydrogens is 188 g/mol. The Labute approximate surface area is 90.9 Å². The van der Waals surface area contributed by atoms with E-state index in [1.165, 1.54) is 11.1 Å². The summed E-state index contributed by atoms with van der Waals surface area (Å²) in [7, 11) is 0. The van der Waals surface area contributed by atoms with Crippen molar-refractivity contribution < 1.29 is 9.84 Å². The SMILES string of the molecule is CC1COc2cccc(CC(C)(C)O)c21. The quantitative estimate of drug-likeness (QED) is 0.805. The molecule has 0 saturated heterocycles. The Kier molecular flexibility index (Phi) is 2.47. The van der Waals surface area contributed by atoms with Crippen molar-refractivity contribution in [3.05, 3.63) is 29.3 Å². The number of rotatable bonds is 2. The van der Waals surface area contributed by atoms with Crippen LogP contribution >= 0.6 is 0 Å². The number of hydrogen-bond acceptors (Lipinski definition) is 2. The van der Waals surface area contributed by atoms with Gasteiger partial charge in [0.05, 0.1) is 12.2 Å². The minimum absolute atomic E-state index is 0.443. The fraction of sp³-hybridized carbons (Fsp3) is 0.538. The van der Waals surface area contributed by atoms with Crippen LogP contribution < -0.4 is 4.74 Å². The zero-order chi connectivity index (χ0) is 11.1. The Balaban J connectivity index is 2.37. The van der Waals surface area contributed by atoms with Crippen molar-refractivity contribution in [2.45, 2.75) is 38.7 Å². The average molecular weight is 206 g/mol. The third kappa shape index (κ3) is 2.15. The lowest BCUT2D eigenvalue weighted by Crippen LogP contribution is -2.22. The first-order valence-corrected chi connectivity index (χ1v) is 5.44. The second-order valence-corrected chi connectivity index (χ2v) is 5.03. The molecule has 15 heavy (non-hydrogen) atoms. The van der Waals surface area contributed by atoms with Gasteiger partial charge in [-0.05, 0) is 25.5 Å². The van der Waals surface area contributed by atoms with Crippen molar-refractivity contribution >= 4 is 0 Å². The molecule has 2 rings (SSSR count). The van der Waals surface area contributed by atoms with Crippen LogP contribution in [-0.2, 0) is 6.42 Å². The van der Waals surface area contributed by atoms with E-state index in [1.54, 1.807) is 0 Å². The molecule has 1 heterocycles. The molecule has 1 N–H and O–H groups in total. The monoisotopic (exact) mass is 206 g/mol. The number of fused-ring (bicyclic) bond motifs is 1. The van der Waals surface area contributed by atoms with E-state index in [0.29, 0.717) is 12.3 Å². The average Bonchev–Trinajstić information content (AvgIpc) is 2.46. The second kappa shape index (κ2) is 3.53. The summed E-state index contributed by atoms with van der Waals surface area (Å²) >= 11 is 0. The van der Waals surface area contributed by atoms with E-state index in [0.717, 1.165) is 12.4 Å². The molecule has 1 atom stereocenters. The molecule has 0 radical (unpaired) electrons. The number of ether oxygens (including phenoxy) is 1. The molecule has 2 heteroatoms. The summed E-state index contributed by atoms with van der Waals surface area (Å²) in [5.41, 5.74) is 1.84. The van der Waals surface area contributed by atoms with Gasteiger partial charge in [0.2, 0.25) is 0 Å². The zero-order valence-electron chi connectivity index (χ0n) is 9.58. The summed E-state index contributed by atoms with van der Waals surface area (Å²) in [6, 6.07) is 6.09. The van der Waals surface area contributed by atoms with Crippen molar-refractivity contribution in [1.29, 1.82) is 0 Å². The summed E-state index contributed by atoms with van der Waals surface area (Å²) in [5, 5.41) is 9.85. The van der Waals surface area contributed by atoms with E-state index in [-0.39, 0.29) is 0 Å². The summed E-state index contributed by atoms with van der Waals surface area (Å²) in [6.07, 6.45) is 0.684. The minimum Gasteiger partial charge on any atom is -0.493 e. The van der Waals surface area contributed by atoms with Gasteiger partial charge in [0.15, 0.2) is 0 Å². The molecule has 0 fully saturated rings. The highest BCUT2D eigenvalue weighted by atomic mass is 16.5. The van der Waals surface area contributed by atoms with Gasteiger partial charge in [-0.15, -0.1) is 0 Å². The fourth-order valence-corrected chi connectivity index (χ4v) is 2.19. The Morgan fingerprint density at radius 3 is 2.87 bits per heavy atom. The molecule has 0 amide bonds. The topological polar surface area (TPSA) is 29.5 Å². The van der Waals surface area contributed by atoms with E-state index in [9.17, 15) is 5.11 Å². The predicted octanol–water partition coefficient (Wildman–Crippen LogP) is 2.50. The van der Waals surface area contributed by atoms with Crippen LogP contribution in [0.3, 0.4) is 0 Å². The fourth-order valence-electron chi connectivity index (χ4n) is 2.19. The van der Waals surface area contributed by atoms with Crippen molar-refractivity contribution in [2.24, 2.45) is 0 Å². The molecule has 2 nitrogen and oxygen atoms in total. The summed E-state index contributed by atoms with van der Waals surface area (Å²) < 4.78 is 5.58. The van der Waals surface area contributed by atoms with Crippen LogP contribution in [0.5, 0.6) is 5.75 Å². The van der Waals surface area contributed by atoms with Gasteiger partial charge >= 0.3 is 0 Å². The Morgan fingerprint density at radius 2 is 2.20 bits per heavy atom. The van der Waals surface area contributed by atoms with Crippen LogP contribution in [0.25, 0.3) is 0 Å². The summed E-state index contributed by atoms with van der Waals surface area (Å²) in [5.74, 6) is 1.43. The van der Waals surface area contributed by atoms with E-state index in [2.05, 4.69) is 13.0 Å². The van der Waals surface area contributed by atoms with Crippen LogP contribution in [0.15, 0.2) is 18.2 Å². The normalized spacial score (nSPS) is 19.9. The van der Waals surface area contributed by atoms with E-state index >= 15 is 0 Å². The molecule has 1 aromatic rings. The molecule has 1 aliphatic rings. The number of aliphatic hydroxyl groups is 1. The number of hydrogen-bond donors (Lipinski definition) is 1. The van der Waals surface area contributed by atoms with Crippen LogP contribution in [-0.4, -0.2) is 17.3 Å². The molecule has 1 aliphatic heterocycles. The highest BCUT2D eigenvalue weighted by Crippen LogP contribution is 2.37. The van der Waals surface area contributed by atoms with Crippen LogP contribution in [0.2, 0.25) is 0 Å². The maximum Gasteiger partial charge on any atom is 0.123 e. The van der Waals surface area contributed by atoms with Gasteiger partial charge in [0, 0.05) is 17.9 Å². The Hall–Kier alpha value is -1.02.